The summed E-state index contributed by atoms with van der Waals surface area (Å²) in [6.07, 6.45) is 0. The molecule has 20 heavy (non-hydrogen) atoms. The third kappa shape index (κ3) is 2.39. The molecule has 0 amide bonds. The molecule has 0 radical (unpaired) electrons. The second-order valence-electron chi connectivity index (χ2n) is 4.76. The van der Waals surface area contributed by atoms with Crippen LogP contribution in [0.4, 0.5) is 0 Å². The second kappa shape index (κ2) is 5.21. The van der Waals surface area contributed by atoms with Crippen LogP contribution < -0.4 is 10.2 Å². The summed E-state index contributed by atoms with van der Waals surface area (Å²) in [6.45, 7) is 2.14. The van der Waals surface area contributed by atoms with Gasteiger partial charge in [0.2, 0.25) is 0 Å². The molecule has 2 aromatic carbocycles. The number of methoxy groups -OCH3 is 1. The van der Waals surface area contributed by atoms with Gasteiger partial charge in [0.15, 0.2) is 0 Å². The minimum Gasteiger partial charge on any atom is -0.497 e. The third-order valence-corrected chi connectivity index (χ3v) is 4.59. The lowest BCUT2D eigenvalue weighted by molar-refractivity contribution is 0.414. The average Bonchev–Trinajstić information content (AvgIpc) is 2.92. The summed E-state index contributed by atoms with van der Waals surface area (Å²) in [4.78, 5) is -0.239. The van der Waals surface area contributed by atoms with Gasteiger partial charge in [-0.25, -0.2) is 0 Å². The molecule has 0 saturated carbocycles. The zero-order chi connectivity index (χ0) is 14.0. The summed E-state index contributed by atoms with van der Waals surface area (Å²) < 4.78 is 5.20. The van der Waals surface area contributed by atoms with Crippen LogP contribution in [-0.2, 0) is 4.87 Å². The summed E-state index contributed by atoms with van der Waals surface area (Å²) >= 11 is 1.73. The molecule has 1 aliphatic rings. The lowest BCUT2D eigenvalue weighted by Crippen LogP contribution is -2.28. The van der Waals surface area contributed by atoms with Crippen molar-refractivity contribution in [2.45, 2.75) is 11.8 Å². The molecule has 0 aromatic heterocycles. The Labute approximate surface area is 123 Å². The van der Waals surface area contributed by atoms with E-state index in [0.717, 1.165) is 16.4 Å². The van der Waals surface area contributed by atoms with E-state index in [-0.39, 0.29) is 4.87 Å². The van der Waals surface area contributed by atoms with Crippen LogP contribution >= 0.6 is 11.8 Å². The van der Waals surface area contributed by atoms with Gasteiger partial charge in [0.05, 0.1) is 7.11 Å². The summed E-state index contributed by atoms with van der Waals surface area (Å²) in [7, 11) is 1.68. The first-order chi connectivity index (χ1) is 9.71. The van der Waals surface area contributed by atoms with Crippen LogP contribution in [0.1, 0.15) is 18.1 Å². The highest BCUT2D eigenvalue weighted by Crippen LogP contribution is 2.40. The molecule has 0 aliphatic carbocycles. The van der Waals surface area contributed by atoms with Crippen molar-refractivity contribution in [2.24, 2.45) is 5.10 Å². The van der Waals surface area contributed by atoms with Gasteiger partial charge in [-0.05, 0) is 24.6 Å². The van der Waals surface area contributed by atoms with E-state index >= 15 is 0 Å². The molecule has 0 fully saturated rings. The molecule has 3 rings (SSSR count). The number of ether oxygens (including phenoxy) is 1. The van der Waals surface area contributed by atoms with Crippen LogP contribution in [0.5, 0.6) is 5.75 Å². The zero-order valence-electron chi connectivity index (χ0n) is 11.5. The summed E-state index contributed by atoms with van der Waals surface area (Å²) in [5.74, 6) is 0.865. The first kappa shape index (κ1) is 13.1. The number of hydrazone groups is 1. The molecule has 102 valence electrons. The molecule has 0 saturated heterocycles. The maximum atomic E-state index is 5.20. The van der Waals surface area contributed by atoms with E-state index in [1.54, 1.807) is 18.9 Å². The Balaban J connectivity index is 1.82. The number of rotatable bonds is 3. The van der Waals surface area contributed by atoms with E-state index in [1.807, 2.05) is 30.3 Å². The summed E-state index contributed by atoms with van der Waals surface area (Å²) in [5, 5.41) is 5.49. The van der Waals surface area contributed by atoms with Gasteiger partial charge in [0.1, 0.15) is 15.7 Å². The maximum absolute atomic E-state index is 5.20. The number of nitrogens with zero attached hydrogens (tertiary/aromatic N) is 1. The fraction of sp³-hybridized carbons (Fsp3) is 0.188. The van der Waals surface area contributed by atoms with Gasteiger partial charge in [-0.2, -0.15) is 5.10 Å². The van der Waals surface area contributed by atoms with Crippen LogP contribution in [0.3, 0.4) is 0 Å². The molecule has 0 spiro atoms. The van der Waals surface area contributed by atoms with Crippen molar-refractivity contribution in [3.8, 4) is 5.75 Å². The van der Waals surface area contributed by atoms with Crippen molar-refractivity contribution in [1.29, 1.82) is 0 Å². The van der Waals surface area contributed by atoms with E-state index in [9.17, 15) is 0 Å². The van der Waals surface area contributed by atoms with Crippen molar-refractivity contribution >= 4 is 16.8 Å². The highest BCUT2D eigenvalue weighted by molar-refractivity contribution is 8.15. The highest BCUT2D eigenvalue weighted by atomic mass is 32.2. The molecule has 0 bridgehead atoms. The molecule has 1 aliphatic heterocycles. The molecule has 0 unspecified atom stereocenters. The fourth-order valence-electron chi connectivity index (χ4n) is 2.13. The van der Waals surface area contributed by atoms with Crippen LogP contribution in [0.2, 0.25) is 0 Å². The lowest BCUT2D eigenvalue weighted by atomic mass is 10.1. The largest absolute Gasteiger partial charge is 0.497 e. The summed E-state index contributed by atoms with van der Waals surface area (Å²) in [6, 6.07) is 18.3. The topological polar surface area (TPSA) is 33.6 Å². The number of benzene rings is 2. The van der Waals surface area contributed by atoms with Gasteiger partial charge in [-0.1, -0.05) is 54.2 Å². The van der Waals surface area contributed by atoms with Crippen molar-refractivity contribution < 1.29 is 4.74 Å². The molecule has 3 nitrogen and oxygen atoms in total. The SMILES string of the molecule is COc1ccc([C@@]2(C)NN=C(c3ccccc3)S2)cc1. The summed E-state index contributed by atoms with van der Waals surface area (Å²) in [5.41, 5.74) is 5.57. The molecular weight excluding hydrogens is 268 g/mol. The van der Waals surface area contributed by atoms with E-state index in [4.69, 9.17) is 4.74 Å². The van der Waals surface area contributed by atoms with E-state index < -0.39 is 0 Å². The molecule has 4 heteroatoms. The van der Waals surface area contributed by atoms with Crippen molar-refractivity contribution in [3.05, 3.63) is 65.7 Å². The Morgan fingerprint density at radius 3 is 2.40 bits per heavy atom. The van der Waals surface area contributed by atoms with Gasteiger partial charge in [0.25, 0.3) is 0 Å². The van der Waals surface area contributed by atoms with Gasteiger partial charge in [0, 0.05) is 5.56 Å². The normalized spacial score (nSPS) is 21.2. The highest BCUT2D eigenvalue weighted by Gasteiger charge is 2.34. The molecule has 1 N–H and O–H groups in total. The van der Waals surface area contributed by atoms with Gasteiger partial charge in [-0.3, -0.25) is 5.43 Å². The number of hydrogen-bond donors (Lipinski definition) is 1. The predicted molar refractivity (Wildman–Crippen MR) is 84.1 cm³/mol. The Hall–Kier alpha value is -1.94. The minimum atomic E-state index is -0.239. The van der Waals surface area contributed by atoms with Crippen LogP contribution in [0.15, 0.2) is 59.7 Å². The molecule has 1 heterocycles. The van der Waals surface area contributed by atoms with Gasteiger partial charge in [-0.15, -0.1) is 0 Å². The Morgan fingerprint density at radius 1 is 1.05 bits per heavy atom. The van der Waals surface area contributed by atoms with Crippen molar-refractivity contribution in [3.63, 3.8) is 0 Å². The van der Waals surface area contributed by atoms with E-state index in [2.05, 4.69) is 41.7 Å². The molecular formula is C16H16N2OS. The first-order valence-electron chi connectivity index (χ1n) is 6.45. The number of nitrogens with one attached hydrogen (secondary N) is 1. The lowest BCUT2D eigenvalue weighted by Gasteiger charge is -2.23. The molecule has 2 aromatic rings. The quantitative estimate of drug-likeness (QED) is 0.935. The number of thioether (sulfide) groups is 1. The zero-order valence-corrected chi connectivity index (χ0v) is 12.3. The monoisotopic (exact) mass is 284 g/mol. The van der Waals surface area contributed by atoms with Crippen molar-refractivity contribution in [2.75, 3.05) is 7.11 Å². The Morgan fingerprint density at radius 2 is 1.75 bits per heavy atom. The van der Waals surface area contributed by atoms with Crippen LogP contribution in [0.25, 0.3) is 0 Å². The second-order valence-corrected chi connectivity index (χ2v) is 6.17. The predicted octanol–water partition coefficient (Wildman–Crippen LogP) is 3.57. The van der Waals surface area contributed by atoms with E-state index in [0.29, 0.717) is 0 Å². The Kier molecular flexibility index (Phi) is 3.40. The fourth-order valence-corrected chi connectivity index (χ4v) is 3.21. The van der Waals surface area contributed by atoms with Gasteiger partial charge < -0.3 is 4.74 Å². The van der Waals surface area contributed by atoms with Crippen LogP contribution in [0, 0.1) is 0 Å². The van der Waals surface area contributed by atoms with Crippen LogP contribution in [-0.4, -0.2) is 12.2 Å². The molecule has 1 atom stereocenters. The number of hydrogen-bond acceptors (Lipinski definition) is 4. The van der Waals surface area contributed by atoms with Gasteiger partial charge >= 0.3 is 0 Å². The smallest absolute Gasteiger partial charge is 0.128 e. The minimum absolute atomic E-state index is 0.239. The van der Waals surface area contributed by atoms with Crippen molar-refractivity contribution in [1.82, 2.24) is 5.43 Å². The maximum Gasteiger partial charge on any atom is 0.128 e. The van der Waals surface area contributed by atoms with E-state index in [1.165, 1.54) is 5.56 Å². The standard InChI is InChI=1S/C16H16N2OS/c1-16(13-8-10-14(19-2)11-9-13)18-17-15(20-16)12-6-4-3-5-7-12/h3-11,18H,1-2H3/t16-/m0/s1. The first-order valence-corrected chi connectivity index (χ1v) is 7.27. The Bertz CT molecular complexity index is 625. The third-order valence-electron chi connectivity index (χ3n) is 3.33. The average molecular weight is 284 g/mol.